The Labute approximate surface area is 268 Å². The summed E-state index contributed by atoms with van der Waals surface area (Å²) in [5, 5.41) is 0. The van der Waals surface area contributed by atoms with Gasteiger partial charge in [0.05, 0.1) is 33.0 Å². The van der Waals surface area contributed by atoms with Crippen LogP contribution in [0.25, 0.3) is 0 Å². The van der Waals surface area contributed by atoms with E-state index in [0.29, 0.717) is 73.8 Å². The highest BCUT2D eigenvalue weighted by molar-refractivity contribution is 5.95. The first-order valence-electron chi connectivity index (χ1n) is 16.2. The van der Waals surface area contributed by atoms with E-state index >= 15 is 0 Å². The van der Waals surface area contributed by atoms with Gasteiger partial charge in [0, 0.05) is 44.7 Å². The third-order valence-corrected chi connectivity index (χ3v) is 8.92. The Kier molecular flexibility index (Phi) is 10.8. The Morgan fingerprint density at radius 1 is 0.733 bits per heavy atom. The van der Waals surface area contributed by atoms with Crippen LogP contribution in [0.5, 0.6) is 17.2 Å². The van der Waals surface area contributed by atoms with Crippen molar-refractivity contribution < 1.29 is 38.1 Å². The highest BCUT2D eigenvalue weighted by Gasteiger charge is 2.45. The number of hydrogen-bond donors (Lipinski definition) is 0. The van der Waals surface area contributed by atoms with Crippen molar-refractivity contribution in [1.29, 1.82) is 0 Å². The minimum Gasteiger partial charge on any atom is -0.493 e. The van der Waals surface area contributed by atoms with Gasteiger partial charge in [0.2, 0.25) is 5.75 Å². The van der Waals surface area contributed by atoms with Crippen molar-refractivity contribution in [3.05, 3.63) is 17.7 Å². The molecule has 2 unspecified atom stereocenters. The lowest BCUT2D eigenvalue weighted by Gasteiger charge is -2.41. The summed E-state index contributed by atoms with van der Waals surface area (Å²) in [6.07, 6.45) is 3.87. The summed E-state index contributed by atoms with van der Waals surface area (Å²) >= 11 is 0. The Bertz CT molecular complexity index is 1180. The van der Waals surface area contributed by atoms with Crippen LogP contribution in [0.1, 0.15) is 84.0 Å². The minimum absolute atomic E-state index is 0.0491. The topological polar surface area (TPSA) is 107 Å². The van der Waals surface area contributed by atoms with Crippen LogP contribution < -0.4 is 14.2 Å². The third kappa shape index (κ3) is 8.54. The molecule has 3 aliphatic rings. The van der Waals surface area contributed by atoms with Crippen molar-refractivity contribution in [3.63, 3.8) is 0 Å². The summed E-state index contributed by atoms with van der Waals surface area (Å²) in [5.41, 5.74) is -0.506. The van der Waals surface area contributed by atoms with Gasteiger partial charge in [-0.05, 0) is 91.2 Å². The minimum atomic E-state index is -0.658. The SMILES string of the molecule is COc1cc(C(=O)N2CCC(C3CCN(C(=O)N4CC(OC(C)(C)C)CC4C(=O)OC(C)(C)C)CC3)CC2)cc(OC)c1OC. The van der Waals surface area contributed by atoms with E-state index in [0.717, 1.165) is 25.7 Å². The molecule has 0 saturated carbocycles. The Morgan fingerprint density at radius 3 is 1.69 bits per heavy atom. The monoisotopic (exact) mass is 631 g/mol. The number of ether oxygens (including phenoxy) is 5. The van der Waals surface area contributed by atoms with Crippen LogP contribution in [0, 0.1) is 11.8 Å². The quantitative estimate of drug-likeness (QED) is 0.388. The Hall–Kier alpha value is -3.21. The fraction of sp³-hybridized carbons (Fsp3) is 0.735. The molecule has 0 spiro atoms. The molecule has 3 heterocycles. The lowest BCUT2D eigenvalue weighted by Crippen LogP contribution is -2.52. The van der Waals surface area contributed by atoms with Gasteiger partial charge in [0.15, 0.2) is 11.5 Å². The Morgan fingerprint density at radius 2 is 1.24 bits per heavy atom. The summed E-state index contributed by atoms with van der Waals surface area (Å²) in [6, 6.07) is 2.63. The number of carbonyl (C=O) groups is 3. The standard InChI is InChI=1S/C34H53N3O8/c1-33(2,3)44-25-20-26(31(39)45-34(4,5)6)37(21-25)32(40)36-16-12-23(13-17-36)22-10-14-35(15-11-22)30(38)24-18-27(41-7)29(43-9)28(19-24)42-8/h18-19,22-23,25-26H,10-17,20-21H2,1-9H3. The molecule has 0 aliphatic carbocycles. The molecular weight excluding hydrogens is 578 g/mol. The van der Waals surface area contributed by atoms with Crippen molar-refractivity contribution >= 4 is 17.9 Å². The molecule has 45 heavy (non-hydrogen) atoms. The molecule has 0 radical (unpaired) electrons. The molecule has 252 valence electrons. The zero-order chi connectivity index (χ0) is 33.1. The number of piperidine rings is 2. The first kappa shape index (κ1) is 34.7. The highest BCUT2D eigenvalue weighted by atomic mass is 16.6. The molecule has 1 aromatic rings. The van der Waals surface area contributed by atoms with Crippen LogP contribution in [-0.2, 0) is 14.3 Å². The predicted molar refractivity (Wildman–Crippen MR) is 170 cm³/mol. The van der Waals surface area contributed by atoms with E-state index in [1.165, 1.54) is 0 Å². The van der Waals surface area contributed by atoms with Crippen molar-refractivity contribution in [1.82, 2.24) is 14.7 Å². The van der Waals surface area contributed by atoms with E-state index in [9.17, 15) is 14.4 Å². The normalized spacial score (nSPS) is 21.9. The summed E-state index contributed by atoms with van der Waals surface area (Å²) in [5.74, 6) is 1.94. The average molecular weight is 632 g/mol. The number of benzene rings is 1. The molecule has 0 aromatic heterocycles. The highest BCUT2D eigenvalue weighted by Crippen LogP contribution is 2.39. The number of esters is 1. The molecule has 2 atom stereocenters. The molecule has 11 heteroatoms. The molecule has 11 nitrogen and oxygen atoms in total. The molecule has 4 rings (SSSR count). The molecular formula is C34H53N3O8. The van der Waals surface area contributed by atoms with Crippen molar-refractivity contribution in [2.24, 2.45) is 11.8 Å². The van der Waals surface area contributed by atoms with Crippen LogP contribution in [0.4, 0.5) is 4.79 Å². The summed E-state index contributed by atoms with van der Waals surface area (Å²) in [7, 11) is 4.62. The maximum atomic E-state index is 13.8. The lowest BCUT2D eigenvalue weighted by molar-refractivity contribution is -0.159. The zero-order valence-corrected chi connectivity index (χ0v) is 28.6. The fourth-order valence-electron chi connectivity index (χ4n) is 6.89. The second kappa shape index (κ2) is 14.1. The molecule has 3 saturated heterocycles. The van der Waals surface area contributed by atoms with E-state index in [1.807, 2.05) is 51.3 Å². The van der Waals surface area contributed by atoms with Crippen molar-refractivity contribution in [3.8, 4) is 17.2 Å². The largest absolute Gasteiger partial charge is 0.493 e. The number of nitrogens with zero attached hydrogens (tertiary/aromatic N) is 3. The molecule has 3 aliphatic heterocycles. The molecule has 0 bridgehead atoms. The van der Waals surface area contributed by atoms with E-state index in [-0.39, 0.29) is 29.6 Å². The third-order valence-electron chi connectivity index (χ3n) is 8.92. The maximum absolute atomic E-state index is 13.8. The van der Waals surface area contributed by atoms with Gasteiger partial charge in [-0.2, -0.15) is 0 Å². The van der Waals surface area contributed by atoms with E-state index < -0.39 is 11.6 Å². The first-order chi connectivity index (χ1) is 21.1. The van der Waals surface area contributed by atoms with Crippen LogP contribution in [0.2, 0.25) is 0 Å². The second-order valence-electron chi connectivity index (χ2n) is 14.4. The smallest absolute Gasteiger partial charge is 0.329 e. The number of amides is 3. The van der Waals surface area contributed by atoms with Gasteiger partial charge in [0.1, 0.15) is 11.6 Å². The summed E-state index contributed by atoms with van der Waals surface area (Å²) in [6.45, 7) is 14.5. The van der Waals surface area contributed by atoms with Gasteiger partial charge in [-0.3, -0.25) is 4.79 Å². The number of rotatable bonds is 7. The van der Waals surface area contributed by atoms with Crippen LogP contribution in [0.3, 0.4) is 0 Å². The van der Waals surface area contributed by atoms with E-state index in [4.69, 9.17) is 23.7 Å². The van der Waals surface area contributed by atoms with Gasteiger partial charge >= 0.3 is 12.0 Å². The molecule has 0 N–H and O–H groups in total. The maximum Gasteiger partial charge on any atom is 0.329 e. The second-order valence-corrected chi connectivity index (χ2v) is 14.4. The van der Waals surface area contributed by atoms with Gasteiger partial charge in [0.25, 0.3) is 5.91 Å². The number of methoxy groups -OCH3 is 3. The first-order valence-corrected chi connectivity index (χ1v) is 16.2. The molecule has 3 fully saturated rings. The van der Waals surface area contributed by atoms with Crippen LogP contribution in [0.15, 0.2) is 12.1 Å². The molecule has 3 amide bonds. The van der Waals surface area contributed by atoms with Gasteiger partial charge in [-0.25, -0.2) is 9.59 Å². The zero-order valence-electron chi connectivity index (χ0n) is 28.6. The van der Waals surface area contributed by atoms with Gasteiger partial charge in [-0.15, -0.1) is 0 Å². The van der Waals surface area contributed by atoms with E-state index in [2.05, 4.69) is 0 Å². The van der Waals surface area contributed by atoms with E-state index in [1.54, 1.807) is 38.4 Å². The molecule has 1 aromatic carbocycles. The number of hydrogen-bond acceptors (Lipinski definition) is 8. The van der Waals surface area contributed by atoms with Crippen LogP contribution in [-0.4, -0.2) is 110 Å². The fourth-order valence-corrected chi connectivity index (χ4v) is 6.89. The number of likely N-dealkylation sites (tertiary alicyclic amines) is 3. The predicted octanol–water partition coefficient (Wildman–Crippen LogP) is 5.00. The van der Waals surface area contributed by atoms with Gasteiger partial charge in [-0.1, -0.05) is 0 Å². The van der Waals surface area contributed by atoms with Crippen LogP contribution >= 0.6 is 0 Å². The number of urea groups is 1. The lowest BCUT2D eigenvalue weighted by atomic mass is 9.78. The summed E-state index contributed by atoms with van der Waals surface area (Å²) in [4.78, 5) is 45.8. The Balaban J connectivity index is 1.33. The average Bonchev–Trinajstić information content (AvgIpc) is 3.41. The van der Waals surface area contributed by atoms with Crippen molar-refractivity contribution in [2.45, 2.75) is 97.0 Å². The number of carbonyl (C=O) groups excluding carboxylic acids is 3. The van der Waals surface area contributed by atoms with Crippen molar-refractivity contribution in [2.75, 3.05) is 54.1 Å². The van der Waals surface area contributed by atoms with Gasteiger partial charge < -0.3 is 38.4 Å². The summed E-state index contributed by atoms with van der Waals surface area (Å²) < 4.78 is 28.2.